The molecule has 0 saturated heterocycles. The first-order valence-electron chi connectivity index (χ1n) is 5.56. The summed E-state index contributed by atoms with van der Waals surface area (Å²) in [5.41, 5.74) is 3.62. The second-order valence-electron chi connectivity index (χ2n) is 4.03. The number of aromatic nitrogens is 1. The number of hydrogen-bond donors (Lipinski definition) is 1. The second kappa shape index (κ2) is 5.06. The van der Waals surface area contributed by atoms with Crippen LogP contribution in [0.5, 0.6) is 0 Å². The lowest BCUT2D eigenvalue weighted by Gasteiger charge is -2.08. The third-order valence-electron chi connectivity index (χ3n) is 2.77. The van der Waals surface area contributed by atoms with Crippen LogP contribution in [0.3, 0.4) is 0 Å². The van der Waals surface area contributed by atoms with E-state index < -0.39 is 0 Å². The summed E-state index contributed by atoms with van der Waals surface area (Å²) in [7, 11) is 1.80. The Balaban J connectivity index is 2.41. The Morgan fingerprint density at radius 1 is 1.29 bits per heavy atom. The predicted octanol–water partition coefficient (Wildman–Crippen LogP) is 2.92. The van der Waals surface area contributed by atoms with Crippen molar-refractivity contribution >= 4 is 0 Å². The molecule has 0 radical (unpaired) electrons. The van der Waals surface area contributed by atoms with Crippen LogP contribution < -0.4 is 5.32 Å². The van der Waals surface area contributed by atoms with Crippen LogP contribution in [0.4, 0.5) is 4.39 Å². The molecular weight excluding hydrogens is 215 g/mol. The number of nitrogens with one attached hydrogen (secondary N) is 1. The van der Waals surface area contributed by atoms with E-state index in [4.69, 9.17) is 0 Å². The van der Waals surface area contributed by atoms with E-state index in [9.17, 15) is 4.39 Å². The molecule has 0 spiro atoms. The zero-order valence-electron chi connectivity index (χ0n) is 10.00. The van der Waals surface area contributed by atoms with Gasteiger partial charge in [0, 0.05) is 30.1 Å². The van der Waals surface area contributed by atoms with Gasteiger partial charge in [-0.3, -0.25) is 4.98 Å². The molecule has 0 aliphatic rings. The standard InChI is InChI=1S/C14H15FN2/c1-10-5-6-17-9-13(10)11-3-4-12(8-16-2)14(15)7-11/h3-7,9,16H,8H2,1-2H3. The Hall–Kier alpha value is -1.74. The molecule has 0 saturated carbocycles. The van der Waals surface area contributed by atoms with E-state index in [2.05, 4.69) is 10.3 Å². The molecular formula is C14H15FN2. The fourth-order valence-electron chi connectivity index (χ4n) is 1.81. The van der Waals surface area contributed by atoms with E-state index in [0.29, 0.717) is 12.1 Å². The summed E-state index contributed by atoms with van der Waals surface area (Å²) in [6, 6.07) is 7.23. The normalized spacial score (nSPS) is 10.5. The van der Waals surface area contributed by atoms with E-state index in [-0.39, 0.29) is 5.82 Å². The number of pyridine rings is 1. The topological polar surface area (TPSA) is 24.9 Å². The molecule has 2 nitrogen and oxygen atoms in total. The molecule has 1 N–H and O–H groups in total. The number of rotatable bonds is 3. The first-order chi connectivity index (χ1) is 8.22. The highest BCUT2D eigenvalue weighted by molar-refractivity contribution is 5.66. The quantitative estimate of drug-likeness (QED) is 0.877. The van der Waals surface area contributed by atoms with Gasteiger partial charge in [0.2, 0.25) is 0 Å². The highest BCUT2D eigenvalue weighted by atomic mass is 19.1. The zero-order chi connectivity index (χ0) is 12.3. The number of hydrogen-bond acceptors (Lipinski definition) is 2. The fraction of sp³-hybridized carbons (Fsp3) is 0.214. The molecule has 1 heterocycles. The minimum Gasteiger partial charge on any atom is -0.316 e. The summed E-state index contributed by atoms with van der Waals surface area (Å²) in [6.07, 6.45) is 3.51. The average Bonchev–Trinajstić information content (AvgIpc) is 2.33. The van der Waals surface area contributed by atoms with Gasteiger partial charge < -0.3 is 5.32 Å². The lowest BCUT2D eigenvalue weighted by molar-refractivity contribution is 0.601. The molecule has 0 fully saturated rings. The van der Waals surface area contributed by atoms with Crippen molar-refractivity contribution in [2.45, 2.75) is 13.5 Å². The van der Waals surface area contributed by atoms with Crippen molar-refractivity contribution in [1.29, 1.82) is 0 Å². The van der Waals surface area contributed by atoms with Gasteiger partial charge in [-0.2, -0.15) is 0 Å². The van der Waals surface area contributed by atoms with Crippen molar-refractivity contribution in [3.8, 4) is 11.1 Å². The number of halogens is 1. The van der Waals surface area contributed by atoms with Crippen molar-refractivity contribution < 1.29 is 4.39 Å². The third kappa shape index (κ3) is 2.50. The van der Waals surface area contributed by atoms with Crippen molar-refractivity contribution in [1.82, 2.24) is 10.3 Å². The first-order valence-corrected chi connectivity index (χ1v) is 5.56. The molecule has 17 heavy (non-hydrogen) atoms. The molecule has 0 unspecified atom stereocenters. The van der Waals surface area contributed by atoms with Crippen LogP contribution in [-0.2, 0) is 6.54 Å². The summed E-state index contributed by atoms with van der Waals surface area (Å²) in [6.45, 7) is 2.54. The summed E-state index contributed by atoms with van der Waals surface area (Å²) in [5.74, 6) is -0.180. The van der Waals surface area contributed by atoms with Gasteiger partial charge in [0.25, 0.3) is 0 Å². The minimum absolute atomic E-state index is 0.180. The maximum atomic E-state index is 13.8. The number of nitrogens with zero attached hydrogens (tertiary/aromatic N) is 1. The smallest absolute Gasteiger partial charge is 0.128 e. The minimum atomic E-state index is -0.180. The van der Waals surface area contributed by atoms with Gasteiger partial charge in [0.05, 0.1) is 0 Å². The van der Waals surface area contributed by atoms with Gasteiger partial charge in [-0.05, 0) is 37.2 Å². The summed E-state index contributed by atoms with van der Waals surface area (Å²) in [4.78, 5) is 4.08. The maximum Gasteiger partial charge on any atom is 0.128 e. The highest BCUT2D eigenvalue weighted by Gasteiger charge is 2.06. The van der Waals surface area contributed by atoms with Crippen molar-refractivity contribution in [2.75, 3.05) is 7.05 Å². The van der Waals surface area contributed by atoms with Crippen molar-refractivity contribution in [2.24, 2.45) is 0 Å². The van der Waals surface area contributed by atoms with Gasteiger partial charge in [0.1, 0.15) is 5.82 Å². The van der Waals surface area contributed by atoms with Crippen LogP contribution in [0.1, 0.15) is 11.1 Å². The van der Waals surface area contributed by atoms with Crippen LogP contribution >= 0.6 is 0 Å². The van der Waals surface area contributed by atoms with Crippen LogP contribution in [0.2, 0.25) is 0 Å². The lowest BCUT2D eigenvalue weighted by atomic mass is 10.0. The molecule has 2 rings (SSSR count). The molecule has 3 heteroatoms. The van der Waals surface area contributed by atoms with Gasteiger partial charge in [-0.25, -0.2) is 4.39 Å². The summed E-state index contributed by atoms with van der Waals surface area (Å²) < 4.78 is 13.8. The van der Waals surface area contributed by atoms with Crippen molar-refractivity contribution in [3.63, 3.8) is 0 Å². The van der Waals surface area contributed by atoms with Crippen LogP contribution in [0.25, 0.3) is 11.1 Å². The lowest BCUT2D eigenvalue weighted by Crippen LogP contribution is -2.06. The Kier molecular flexibility index (Phi) is 3.49. The summed E-state index contributed by atoms with van der Waals surface area (Å²) >= 11 is 0. The number of aryl methyl sites for hydroxylation is 1. The Labute approximate surface area is 101 Å². The molecule has 2 aromatic rings. The van der Waals surface area contributed by atoms with Crippen LogP contribution in [-0.4, -0.2) is 12.0 Å². The van der Waals surface area contributed by atoms with Gasteiger partial charge in [-0.15, -0.1) is 0 Å². The van der Waals surface area contributed by atoms with Crippen LogP contribution in [0, 0.1) is 12.7 Å². The molecule has 0 bridgehead atoms. The second-order valence-corrected chi connectivity index (χ2v) is 4.03. The average molecular weight is 230 g/mol. The summed E-state index contributed by atoms with van der Waals surface area (Å²) in [5, 5.41) is 2.94. The number of benzene rings is 1. The molecule has 1 aromatic heterocycles. The van der Waals surface area contributed by atoms with Gasteiger partial charge in [0.15, 0.2) is 0 Å². The molecule has 1 aromatic carbocycles. The molecule has 0 amide bonds. The van der Waals surface area contributed by atoms with E-state index in [1.165, 1.54) is 0 Å². The van der Waals surface area contributed by atoms with E-state index >= 15 is 0 Å². The van der Waals surface area contributed by atoms with E-state index in [1.54, 1.807) is 25.5 Å². The molecule has 88 valence electrons. The van der Waals surface area contributed by atoms with Gasteiger partial charge in [-0.1, -0.05) is 12.1 Å². The highest BCUT2D eigenvalue weighted by Crippen LogP contribution is 2.24. The largest absolute Gasteiger partial charge is 0.316 e. The molecule has 0 aliphatic heterocycles. The molecule has 0 aliphatic carbocycles. The maximum absolute atomic E-state index is 13.8. The predicted molar refractivity (Wildman–Crippen MR) is 67.1 cm³/mol. The van der Waals surface area contributed by atoms with Crippen molar-refractivity contribution in [3.05, 3.63) is 53.6 Å². The zero-order valence-corrected chi connectivity index (χ0v) is 10.00. The Morgan fingerprint density at radius 2 is 2.12 bits per heavy atom. The first kappa shape index (κ1) is 11.7. The van der Waals surface area contributed by atoms with E-state index in [1.807, 2.05) is 25.1 Å². The van der Waals surface area contributed by atoms with Crippen LogP contribution in [0.15, 0.2) is 36.7 Å². The molecule has 0 atom stereocenters. The Morgan fingerprint density at radius 3 is 2.76 bits per heavy atom. The fourth-order valence-corrected chi connectivity index (χ4v) is 1.81. The van der Waals surface area contributed by atoms with Gasteiger partial charge >= 0.3 is 0 Å². The van der Waals surface area contributed by atoms with E-state index in [0.717, 1.165) is 16.7 Å². The Bertz CT molecular complexity index is 523. The third-order valence-corrected chi connectivity index (χ3v) is 2.77. The monoisotopic (exact) mass is 230 g/mol. The SMILES string of the molecule is CNCc1ccc(-c2cnccc2C)cc1F.